The third-order valence-electron chi connectivity index (χ3n) is 2.98. The van der Waals surface area contributed by atoms with E-state index < -0.39 is 0 Å². The third kappa shape index (κ3) is 2.38. The second-order valence-electron chi connectivity index (χ2n) is 4.27. The van der Waals surface area contributed by atoms with Gasteiger partial charge in [-0.25, -0.2) is 9.97 Å². The Morgan fingerprint density at radius 1 is 1.26 bits per heavy atom. The number of hydrogen-bond acceptors (Lipinski definition) is 5. The molecule has 1 N–H and O–H groups in total. The summed E-state index contributed by atoms with van der Waals surface area (Å²) in [5, 5.41) is 4.36. The molecule has 0 saturated heterocycles. The Bertz CT molecular complexity index is 695. The number of thioether (sulfide) groups is 1. The van der Waals surface area contributed by atoms with Crippen molar-refractivity contribution in [2.24, 2.45) is 0 Å². The van der Waals surface area contributed by atoms with Crippen LogP contribution in [-0.4, -0.2) is 28.5 Å². The highest BCUT2D eigenvalue weighted by Crippen LogP contribution is 2.30. The van der Waals surface area contributed by atoms with Crippen LogP contribution in [0.4, 0.5) is 5.82 Å². The molecule has 19 heavy (non-hydrogen) atoms. The van der Waals surface area contributed by atoms with Crippen molar-refractivity contribution in [3.63, 3.8) is 0 Å². The molecule has 0 fully saturated rings. The van der Waals surface area contributed by atoms with E-state index in [1.807, 2.05) is 36.0 Å². The summed E-state index contributed by atoms with van der Waals surface area (Å²) in [6, 6.07) is 7.93. The van der Waals surface area contributed by atoms with E-state index in [4.69, 9.17) is 4.42 Å². The van der Waals surface area contributed by atoms with E-state index in [0.717, 1.165) is 46.6 Å². The Balaban J connectivity index is 1.96. The van der Waals surface area contributed by atoms with Gasteiger partial charge in [0.25, 0.3) is 0 Å². The summed E-state index contributed by atoms with van der Waals surface area (Å²) in [6.45, 7) is 0.893. The lowest BCUT2D eigenvalue weighted by atomic mass is 10.2. The zero-order valence-electron chi connectivity index (χ0n) is 10.7. The summed E-state index contributed by atoms with van der Waals surface area (Å²) in [4.78, 5) is 8.60. The zero-order valence-corrected chi connectivity index (χ0v) is 11.5. The molecule has 0 aliphatic carbocycles. The highest BCUT2D eigenvalue weighted by atomic mass is 32.2. The molecule has 3 rings (SSSR count). The Morgan fingerprint density at radius 2 is 2.16 bits per heavy atom. The van der Waals surface area contributed by atoms with Crippen molar-refractivity contribution in [1.82, 2.24) is 9.97 Å². The minimum Gasteiger partial charge on any atom is -0.450 e. The Kier molecular flexibility index (Phi) is 3.55. The lowest BCUT2D eigenvalue weighted by Crippen LogP contribution is -2.04. The number of hydrogen-bond donors (Lipinski definition) is 1. The lowest BCUT2D eigenvalue weighted by Gasteiger charge is -2.04. The number of rotatable bonds is 5. The summed E-state index contributed by atoms with van der Waals surface area (Å²) >= 11 is 1.85. The molecule has 3 aromatic rings. The van der Waals surface area contributed by atoms with Crippen LogP contribution in [0.15, 0.2) is 35.0 Å². The first-order chi connectivity index (χ1) is 9.40. The monoisotopic (exact) mass is 273 g/mol. The minimum absolute atomic E-state index is 0.743. The number of anilines is 1. The van der Waals surface area contributed by atoms with Gasteiger partial charge in [0, 0.05) is 11.9 Å². The molecule has 0 radical (unpaired) electrons. The molecule has 0 aliphatic heterocycles. The molecular weight excluding hydrogens is 258 g/mol. The van der Waals surface area contributed by atoms with Crippen LogP contribution in [0.3, 0.4) is 0 Å². The fourth-order valence-corrected chi connectivity index (χ4v) is 2.51. The molecule has 0 amide bonds. The molecule has 0 bridgehead atoms. The van der Waals surface area contributed by atoms with Crippen LogP contribution in [0.2, 0.25) is 0 Å². The number of fused-ring (bicyclic) bond motifs is 3. The second kappa shape index (κ2) is 5.48. The molecule has 0 spiro atoms. The average Bonchev–Trinajstić information content (AvgIpc) is 2.83. The van der Waals surface area contributed by atoms with E-state index >= 15 is 0 Å². The van der Waals surface area contributed by atoms with Gasteiger partial charge in [-0.2, -0.15) is 11.8 Å². The van der Waals surface area contributed by atoms with Gasteiger partial charge in [0.15, 0.2) is 11.4 Å². The Hall–Kier alpha value is -1.75. The number of benzene rings is 1. The van der Waals surface area contributed by atoms with Crippen molar-refractivity contribution in [2.75, 3.05) is 23.9 Å². The van der Waals surface area contributed by atoms with Crippen LogP contribution >= 0.6 is 11.8 Å². The summed E-state index contributed by atoms with van der Waals surface area (Å²) in [5.74, 6) is 1.92. The van der Waals surface area contributed by atoms with Crippen molar-refractivity contribution < 1.29 is 4.42 Å². The van der Waals surface area contributed by atoms with Gasteiger partial charge in [-0.3, -0.25) is 0 Å². The minimum atomic E-state index is 0.743. The zero-order chi connectivity index (χ0) is 13.1. The van der Waals surface area contributed by atoms with Crippen LogP contribution < -0.4 is 5.32 Å². The van der Waals surface area contributed by atoms with Gasteiger partial charge in [0.1, 0.15) is 17.4 Å². The predicted octanol–water partition coefficient (Wildman–Crippen LogP) is 3.54. The van der Waals surface area contributed by atoms with E-state index in [2.05, 4.69) is 21.5 Å². The Morgan fingerprint density at radius 3 is 3.05 bits per heavy atom. The molecule has 0 atom stereocenters. The van der Waals surface area contributed by atoms with E-state index in [1.165, 1.54) is 0 Å². The molecule has 1 aromatic carbocycles. The molecule has 2 aromatic heterocycles. The van der Waals surface area contributed by atoms with E-state index in [0.29, 0.717) is 0 Å². The summed E-state index contributed by atoms with van der Waals surface area (Å²) in [7, 11) is 0. The van der Waals surface area contributed by atoms with Crippen molar-refractivity contribution in [2.45, 2.75) is 6.42 Å². The smallest absolute Gasteiger partial charge is 0.196 e. The molecule has 5 heteroatoms. The fraction of sp³-hybridized carbons (Fsp3) is 0.286. The third-order valence-corrected chi connectivity index (χ3v) is 3.67. The van der Waals surface area contributed by atoms with Gasteiger partial charge >= 0.3 is 0 Å². The first-order valence-electron chi connectivity index (χ1n) is 6.25. The number of nitrogens with one attached hydrogen (secondary N) is 1. The topological polar surface area (TPSA) is 51.0 Å². The Labute approximate surface area is 115 Å². The van der Waals surface area contributed by atoms with Crippen molar-refractivity contribution in [3.8, 4) is 0 Å². The first-order valence-corrected chi connectivity index (χ1v) is 7.64. The van der Waals surface area contributed by atoms with E-state index in [-0.39, 0.29) is 0 Å². The highest BCUT2D eigenvalue weighted by Gasteiger charge is 2.11. The van der Waals surface area contributed by atoms with Gasteiger partial charge in [-0.05, 0) is 30.6 Å². The second-order valence-corrected chi connectivity index (χ2v) is 5.26. The number of furan rings is 1. The molecule has 4 nitrogen and oxygen atoms in total. The highest BCUT2D eigenvalue weighted by molar-refractivity contribution is 7.98. The molecule has 0 unspecified atom stereocenters. The van der Waals surface area contributed by atoms with Gasteiger partial charge < -0.3 is 9.73 Å². The van der Waals surface area contributed by atoms with Crippen molar-refractivity contribution in [3.05, 3.63) is 30.6 Å². The quantitative estimate of drug-likeness (QED) is 0.720. The normalized spacial score (nSPS) is 11.2. The molecule has 2 heterocycles. The van der Waals surface area contributed by atoms with Crippen LogP contribution in [-0.2, 0) is 0 Å². The summed E-state index contributed by atoms with van der Waals surface area (Å²) < 4.78 is 5.85. The maximum atomic E-state index is 5.85. The van der Waals surface area contributed by atoms with E-state index in [9.17, 15) is 0 Å². The number of nitrogens with zero attached hydrogens (tertiary/aromatic N) is 2. The van der Waals surface area contributed by atoms with Crippen LogP contribution in [0.1, 0.15) is 6.42 Å². The predicted molar refractivity (Wildman–Crippen MR) is 80.8 cm³/mol. The van der Waals surface area contributed by atoms with Gasteiger partial charge in [-0.1, -0.05) is 12.1 Å². The molecule has 98 valence electrons. The average molecular weight is 273 g/mol. The maximum Gasteiger partial charge on any atom is 0.196 e. The van der Waals surface area contributed by atoms with Gasteiger partial charge in [0.05, 0.1) is 0 Å². The van der Waals surface area contributed by atoms with Crippen LogP contribution in [0.25, 0.3) is 22.1 Å². The fourth-order valence-electron chi connectivity index (χ4n) is 2.07. The first kappa shape index (κ1) is 12.3. The van der Waals surface area contributed by atoms with Gasteiger partial charge in [0.2, 0.25) is 0 Å². The van der Waals surface area contributed by atoms with Gasteiger partial charge in [-0.15, -0.1) is 0 Å². The largest absolute Gasteiger partial charge is 0.450 e. The van der Waals surface area contributed by atoms with Crippen molar-refractivity contribution in [1.29, 1.82) is 0 Å². The number of aromatic nitrogens is 2. The molecule has 0 saturated carbocycles. The lowest BCUT2D eigenvalue weighted by molar-refractivity contribution is 0.666. The number of para-hydroxylation sites is 1. The standard InChI is InChI=1S/C14H15N3OS/c1-19-8-4-7-15-14-13-12(16-9-17-14)10-5-2-3-6-11(10)18-13/h2-3,5-6,9H,4,7-8H2,1H3,(H,15,16,17). The molecular formula is C14H15N3OS. The van der Waals surface area contributed by atoms with E-state index in [1.54, 1.807) is 6.33 Å². The summed E-state index contributed by atoms with van der Waals surface area (Å²) in [5.41, 5.74) is 2.47. The van der Waals surface area contributed by atoms with Crippen molar-refractivity contribution >= 4 is 39.6 Å². The SMILES string of the molecule is CSCCCNc1ncnc2c1oc1ccccc12. The van der Waals surface area contributed by atoms with Crippen LogP contribution in [0.5, 0.6) is 0 Å². The molecule has 0 aliphatic rings. The van der Waals surface area contributed by atoms with Crippen LogP contribution in [0, 0.1) is 0 Å². The maximum absolute atomic E-state index is 5.85. The summed E-state index contributed by atoms with van der Waals surface area (Å²) in [6.07, 6.45) is 4.80.